The van der Waals surface area contributed by atoms with Gasteiger partial charge in [-0.25, -0.2) is 0 Å². The summed E-state index contributed by atoms with van der Waals surface area (Å²) in [6.07, 6.45) is 5.33. The van der Waals surface area contributed by atoms with E-state index in [0.29, 0.717) is 16.3 Å². The van der Waals surface area contributed by atoms with Gasteiger partial charge in [0.05, 0.1) is 22.0 Å². The van der Waals surface area contributed by atoms with Gasteiger partial charge in [-0.2, -0.15) is 10.1 Å². The van der Waals surface area contributed by atoms with Crippen LogP contribution in [0.25, 0.3) is 0 Å². The van der Waals surface area contributed by atoms with E-state index in [1.165, 1.54) is 0 Å². The molecule has 0 unspecified atom stereocenters. The second-order valence-corrected chi connectivity index (χ2v) is 8.27. The number of hydrazine groups is 1. The van der Waals surface area contributed by atoms with Gasteiger partial charge in [0.1, 0.15) is 0 Å². The first-order chi connectivity index (χ1) is 11.9. The standard InChI is InChI=1S/C17H17BrN4O3/c1-6-13(18)14(19-21(6)2)15(23)20-22-16(24)11-7-3-4-8(10-5-9(7)10)12(11)17(22)25/h3-4,7-12H,5H2,1-2H3,(H,20,23)/t7-,8-,9-,10+,11-,12+/m0/s1. The first-order valence-corrected chi connectivity index (χ1v) is 9.25. The molecule has 0 spiro atoms. The Balaban J connectivity index is 1.42. The third-order valence-electron chi connectivity index (χ3n) is 6.35. The highest BCUT2D eigenvalue weighted by Crippen LogP contribution is 2.65. The number of nitrogens with one attached hydrogen (secondary N) is 1. The van der Waals surface area contributed by atoms with Crippen molar-refractivity contribution in [1.29, 1.82) is 0 Å². The summed E-state index contributed by atoms with van der Waals surface area (Å²) in [7, 11) is 1.73. The Kier molecular flexibility index (Phi) is 2.94. The predicted octanol–water partition coefficient (Wildman–Crippen LogP) is 1.19. The van der Waals surface area contributed by atoms with Crippen molar-refractivity contribution in [3.63, 3.8) is 0 Å². The van der Waals surface area contributed by atoms with Crippen LogP contribution in [-0.2, 0) is 16.6 Å². The molecule has 25 heavy (non-hydrogen) atoms. The molecule has 5 aliphatic rings. The van der Waals surface area contributed by atoms with E-state index in [1.54, 1.807) is 11.7 Å². The van der Waals surface area contributed by atoms with Gasteiger partial charge in [0.2, 0.25) is 0 Å². The molecule has 1 saturated heterocycles. The number of aromatic nitrogens is 2. The lowest BCUT2D eigenvalue weighted by Crippen LogP contribution is -2.47. The van der Waals surface area contributed by atoms with Crippen LogP contribution in [-0.4, -0.2) is 32.5 Å². The maximum Gasteiger partial charge on any atom is 0.291 e. The Morgan fingerprint density at radius 2 is 1.76 bits per heavy atom. The van der Waals surface area contributed by atoms with E-state index in [0.717, 1.165) is 17.1 Å². The van der Waals surface area contributed by atoms with Crippen LogP contribution in [0.1, 0.15) is 22.6 Å². The molecule has 1 aromatic rings. The summed E-state index contributed by atoms with van der Waals surface area (Å²) in [4.78, 5) is 38.3. The second-order valence-electron chi connectivity index (χ2n) is 7.48. The molecule has 2 bridgehead atoms. The number of hydrogen-bond acceptors (Lipinski definition) is 4. The molecule has 6 atom stereocenters. The van der Waals surface area contributed by atoms with Gasteiger partial charge in [0.15, 0.2) is 5.69 Å². The van der Waals surface area contributed by atoms with Gasteiger partial charge in [-0.15, -0.1) is 0 Å². The van der Waals surface area contributed by atoms with Gasteiger partial charge < -0.3 is 0 Å². The minimum atomic E-state index is -0.554. The van der Waals surface area contributed by atoms with E-state index in [9.17, 15) is 14.4 Å². The molecule has 1 aromatic heterocycles. The van der Waals surface area contributed by atoms with Crippen molar-refractivity contribution < 1.29 is 14.4 Å². The number of nitrogens with zero attached hydrogens (tertiary/aromatic N) is 3. The number of carbonyl (C=O) groups excluding carboxylic acids is 3. The zero-order valence-corrected chi connectivity index (χ0v) is 15.4. The molecule has 2 saturated carbocycles. The molecular formula is C17H17BrN4O3. The number of imide groups is 1. The Labute approximate surface area is 152 Å². The molecule has 7 nitrogen and oxygen atoms in total. The normalized spacial score (nSPS) is 37.3. The summed E-state index contributed by atoms with van der Waals surface area (Å²) in [5.74, 6) is -0.396. The van der Waals surface area contributed by atoms with Crippen molar-refractivity contribution in [2.24, 2.45) is 42.6 Å². The van der Waals surface area contributed by atoms with Crippen molar-refractivity contribution in [3.8, 4) is 0 Å². The molecule has 2 heterocycles. The average Bonchev–Trinajstić information content (AvgIpc) is 3.34. The van der Waals surface area contributed by atoms with Crippen LogP contribution in [0.15, 0.2) is 16.6 Å². The number of carbonyl (C=O) groups is 3. The highest BCUT2D eigenvalue weighted by molar-refractivity contribution is 9.10. The third-order valence-corrected chi connectivity index (χ3v) is 7.30. The molecule has 0 radical (unpaired) electrons. The monoisotopic (exact) mass is 404 g/mol. The number of allylic oxidation sites excluding steroid dienone is 2. The smallest absolute Gasteiger partial charge is 0.272 e. The number of amides is 3. The highest BCUT2D eigenvalue weighted by atomic mass is 79.9. The summed E-state index contributed by atoms with van der Waals surface area (Å²) in [6, 6.07) is 0. The van der Waals surface area contributed by atoms with E-state index < -0.39 is 5.91 Å². The van der Waals surface area contributed by atoms with E-state index in [1.807, 2.05) is 6.92 Å². The summed E-state index contributed by atoms with van der Waals surface area (Å²) < 4.78 is 2.14. The fourth-order valence-corrected chi connectivity index (χ4v) is 5.47. The van der Waals surface area contributed by atoms with Gasteiger partial charge in [0.25, 0.3) is 17.7 Å². The molecule has 3 amide bonds. The minimum absolute atomic E-state index is 0.141. The maximum atomic E-state index is 12.8. The topological polar surface area (TPSA) is 84.3 Å². The Hall–Kier alpha value is -1.96. The Bertz CT molecular complexity index is 839. The average molecular weight is 405 g/mol. The van der Waals surface area contributed by atoms with Crippen molar-refractivity contribution in [3.05, 3.63) is 28.0 Å². The van der Waals surface area contributed by atoms with E-state index in [4.69, 9.17) is 0 Å². The largest absolute Gasteiger partial charge is 0.291 e. The predicted molar refractivity (Wildman–Crippen MR) is 89.7 cm³/mol. The van der Waals surface area contributed by atoms with Crippen molar-refractivity contribution in [2.75, 3.05) is 0 Å². The van der Waals surface area contributed by atoms with Crippen molar-refractivity contribution >= 4 is 33.7 Å². The molecule has 8 heteroatoms. The van der Waals surface area contributed by atoms with Crippen molar-refractivity contribution in [1.82, 2.24) is 20.2 Å². The van der Waals surface area contributed by atoms with Crippen LogP contribution in [0.2, 0.25) is 0 Å². The lowest BCUT2D eigenvalue weighted by Gasteiger charge is -2.37. The molecule has 3 fully saturated rings. The number of halogens is 1. The van der Waals surface area contributed by atoms with E-state index in [-0.39, 0.29) is 41.2 Å². The zero-order chi connectivity index (χ0) is 17.6. The van der Waals surface area contributed by atoms with E-state index >= 15 is 0 Å². The number of aryl methyl sites for hydroxylation is 1. The fourth-order valence-electron chi connectivity index (χ4n) is 4.95. The molecule has 1 N–H and O–H groups in total. The molecule has 4 aliphatic carbocycles. The summed E-state index contributed by atoms with van der Waals surface area (Å²) >= 11 is 3.34. The summed E-state index contributed by atoms with van der Waals surface area (Å²) in [5, 5.41) is 5.09. The molecule has 130 valence electrons. The highest BCUT2D eigenvalue weighted by Gasteiger charge is 2.67. The SMILES string of the molecule is Cc1c(Br)c(C(=O)NN2C(=O)[C@@H]3[C@H]4C=C[C@@H]([C@@H]5C[C@H]45)[C@@H]3C2=O)nn1C. The molecule has 1 aliphatic heterocycles. The summed E-state index contributed by atoms with van der Waals surface area (Å²) in [5.41, 5.74) is 3.45. The maximum absolute atomic E-state index is 12.8. The third kappa shape index (κ3) is 1.86. The molecule has 0 aromatic carbocycles. The van der Waals surface area contributed by atoms with Crippen molar-refractivity contribution in [2.45, 2.75) is 13.3 Å². The van der Waals surface area contributed by atoms with Gasteiger partial charge in [-0.1, -0.05) is 12.2 Å². The second kappa shape index (κ2) is 4.81. The quantitative estimate of drug-likeness (QED) is 0.592. The van der Waals surface area contributed by atoms with Gasteiger partial charge >= 0.3 is 0 Å². The van der Waals surface area contributed by atoms with Crippen LogP contribution < -0.4 is 5.43 Å². The van der Waals surface area contributed by atoms with Crippen LogP contribution >= 0.6 is 15.9 Å². The number of hydrogen-bond donors (Lipinski definition) is 1. The van der Waals surface area contributed by atoms with Crippen LogP contribution in [0.4, 0.5) is 0 Å². The van der Waals surface area contributed by atoms with Gasteiger partial charge in [-0.3, -0.25) is 24.5 Å². The van der Waals surface area contributed by atoms with Crippen LogP contribution in [0.5, 0.6) is 0 Å². The fraction of sp³-hybridized carbons (Fsp3) is 0.529. The number of rotatable bonds is 2. The lowest BCUT2D eigenvalue weighted by atomic mass is 9.63. The lowest BCUT2D eigenvalue weighted by molar-refractivity contribution is -0.143. The van der Waals surface area contributed by atoms with Gasteiger partial charge in [0, 0.05) is 7.05 Å². The minimum Gasteiger partial charge on any atom is -0.272 e. The zero-order valence-electron chi connectivity index (χ0n) is 13.8. The molecular weight excluding hydrogens is 388 g/mol. The summed E-state index contributed by atoms with van der Waals surface area (Å²) in [6.45, 7) is 1.82. The van der Waals surface area contributed by atoms with Crippen LogP contribution in [0, 0.1) is 42.4 Å². The molecule has 6 rings (SSSR count). The Morgan fingerprint density at radius 3 is 2.24 bits per heavy atom. The van der Waals surface area contributed by atoms with E-state index in [2.05, 4.69) is 38.6 Å². The first-order valence-electron chi connectivity index (χ1n) is 8.46. The Morgan fingerprint density at radius 1 is 1.20 bits per heavy atom. The first kappa shape index (κ1) is 15.3. The van der Waals surface area contributed by atoms with Crippen LogP contribution in [0.3, 0.4) is 0 Å². The van der Waals surface area contributed by atoms with Gasteiger partial charge in [-0.05, 0) is 52.9 Å².